The van der Waals surface area contributed by atoms with E-state index in [1.807, 2.05) is 24.3 Å². The molecule has 0 radical (unpaired) electrons. The van der Waals surface area contributed by atoms with Gasteiger partial charge in [-0.25, -0.2) is 0 Å². The van der Waals surface area contributed by atoms with Gasteiger partial charge >= 0.3 is 0 Å². The predicted molar refractivity (Wildman–Crippen MR) is 101 cm³/mol. The highest BCUT2D eigenvalue weighted by molar-refractivity contribution is 5.79. The normalized spacial score (nSPS) is 17.8. The Morgan fingerprint density at radius 2 is 1.96 bits per heavy atom. The molecule has 0 spiro atoms. The fourth-order valence-corrected chi connectivity index (χ4v) is 3.63. The number of rotatable bonds is 4. The van der Waals surface area contributed by atoms with Crippen molar-refractivity contribution in [1.82, 2.24) is 4.90 Å². The number of nitrogens with zero attached hydrogens (tertiary/aromatic N) is 1. The maximum absolute atomic E-state index is 12.8. The molecule has 0 aromatic heterocycles. The number of aryl methyl sites for hydroxylation is 1. The van der Waals surface area contributed by atoms with Crippen LogP contribution >= 0.6 is 0 Å². The number of carbonyl (C=O) groups is 1. The van der Waals surface area contributed by atoms with Crippen molar-refractivity contribution in [1.29, 1.82) is 0 Å². The van der Waals surface area contributed by atoms with Gasteiger partial charge < -0.3 is 9.64 Å². The first kappa shape index (κ1) is 17.5. The SMILES string of the molecule is COc1ccc(C2CCCCN(C(=O)Cc3cccc(C)c3)C2)cc1. The lowest BCUT2D eigenvalue weighted by Crippen LogP contribution is -2.35. The summed E-state index contributed by atoms with van der Waals surface area (Å²) in [6, 6.07) is 16.6. The summed E-state index contributed by atoms with van der Waals surface area (Å²) in [5.74, 6) is 1.53. The van der Waals surface area contributed by atoms with Gasteiger partial charge in [-0.05, 0) is 43.0 Å². The monoisotopic (exact) mass is 337 g/mol. The lowest BCUT2D eigenvalue weighted by molar-refractivity contribution is -0.130. The van der Waals surface area contributed by atoms with Gasteiger partial charge in [-0.15, -0.1) is 0 Å². The van der Waals surface area contributed by atoms with Crippen molar-refractivity contribution in [3.05, 3.63) is 65.2 Å². The van der Waals surface area contributed by atoms with Crippen molar-refractivity contribution in [2.45, 2.75) is 38.5 Å². The van der Waals surface area contributed by atoms with E-state index in [2.05, 4.69) is 36.1 Å². The van der Waals surface area contributed by atoms with Gasteiger partial charge in [0.2, 0.25) is 5.91 Å². The van der Waals surface area contributed by atoms with Gasteiger partial charge in [0.1, 0.15) is 5.75 Å². The minimum absolute atomic E-state index is 0.242. The Hall–Kier alpha value is -2.29. The number of hydrogen-bond donors (Lipinski definition) is 0. The lowest BCUT2D eigenvalue weighted by atomic mass is 9.94. The van der Waals surface area contributed by atoms with E-state index in [1.54, 1.807) is 7.11 Å². The van der Waals surface area contributed by atoms with E-state index in [1.165, 1.54) is 17.5 Å². The third kappa shape index (κ3) is 4.62. The van der Waals surface area contributed by atoms with Crippen molar-refractivity contribution in [2.24, 2.45) is 0 Å². The molecule has 1 saturated heterocycles. The summed E-state index contributed by atoms with van der Waals surface area (Å²) in [6.45, 7) is 3.76. The van der Waals surface area contributed by atoms with Crippen LogP contribution in [-0.2, 0) is 11.2 Å². The maximum Gasteiger partial charge on any atom is 0.227 e. The largest absolute Gasteiger partial charge is 0.497 e. The number of benzene rings is 2. The van der Waals surface area contributed by atoms with Gasteiger partial charge in [-0.2, -0.15) is 0 Å². The number of likely N-dealkylation sites (tertiary alicyclic amines) is 1. The third-order valence-corrected chi connectivity index (χ3v) is 5.05. The van der Waals surface area contributed by atoms with Crippen molar-refractivity contribution in [3.8, 4) is 5.75 Å². The van der Waals surface area contributed by atoms with Crippen LogP contribution in [0.5, 0.6) is 5.75 Å². The zero-order valence-electron chi connectivity index (χ0n) is 15.2. The average Bonchev–Trinajstić information content (AvgIpc) is 2.88. The van der Waals surface area contributed by atoms with E-state index in [0.717, 1.165) is 37.2 Å². The summed E-state index contributed by atoms with van der Waals surface area (Å²) < 4.78 is 5.25. The molecule has 2 aromatic rings. The number of carbonyl (C=O) groups excluding carboxylic acids is 1. The summed E-state index contributed by atoms with van der Waals surface area (Å²) in [5.41, 5.74) is 3.61. The van der Waals surface area contributed by atoms with E-state index in [0.29, 0.717) is 12.3 Å². The second-order valence-electron chi connectivity index (χ2n) is 6.97. The molecule has 0 aliphatic carbocycles. The highest BCUT2D eigenvalue weighted by atomic mass is 16.5. The predicted octanol–water partition coefficient (Wildman–Crippen LogP) is 4.34. The van der Waals surface area contributed by atoms with Gasteiger partial charge in [0.25, 0.3) is 0 Å². The van der Waals surface area contributed by atoms with Crippen molar-refractivity contribution in [3.63, 3.8) is 0 Å². The van der Waals surface area contributed by atoms with Crippen LogP contribution in [0.1, 0.15) is 41.9 Å². The second-order valence-corrected chi connectivity index (χ2v) is 6.97. The Bertz CT molecular complexity index is 708. The minimum Gasteiger partial charge on any atom is -0.497 e. The summed E-state index contributed by atoms with van der Waals surface area (Å²) in [5, 5.41) is 0. The van der Waals surface area contributed by atoms with Gasteiger partial charge in [-0.3, -0.25) is 4.79 Å². The topological polar surface area (TPSA) is 29.5 Å². The van der Waals surface area contributed by atoms with Crippen LogP contribution in [-0.4, -0.2) is 31.0 Å². The van der Waals surface area contributed by atoms with Crippen LogP contribution in [0.25, 0.3) is 0 Å². The van der Waals surface area contributed by atoms with Crippen LogP contribution in [0.15, 0.2) is 48.5 Å². The van der Waals surface area contributed by atoms with E-state index < -0.39 is 0 Å². The molecule has 3 heteroatoms. The van der Waals surface area contributed by atoms with Crippen molar-refractivity contribution in [2.75, 3.05) is 20.2 Å². The molecule has 1 atom stereocenters. The zero-order valence-corrected chi connectivity index (χ0v) is 15.2. The highest BCUT2D eigenvalue weighted by Crippen LogP contribution is 2.28. The molecule has 3 rings (SSSR count). The number of hydrogen-bond acceptors (Lipinski definition) is 2. The molecule has 0 saturated carbocycles. The molecular formula is C22H27NO2. The van der Waals surface area contributed by atoms with Crippen LogP contribution in [0.3, 0.4) is 0 Å². The van der Waals surface area contributed by atoms with Gasteiger partial charge in [0, 0.05) is 19.0 Å². The standard InChI is InChI=1S/C22H27NO2/c1-17-6-5-7-18(14-17)15-22(24)23-13-4-3-8-20(16-23)19-9-11-21(25-2)12-10-19/h5-7,9-12,14,20H,3-4,8,13,15-16H2,1-2H3. The Balaban J connectivity index is 1.69. The quantitative estimate of drug-likeness (QED) is 0.830. The molecule has 132 valence electrons. The first-order valence-corrected chi connectivity index (χ1v) is 9.13. The number of amides is 1. The van der Waals surface area contributed by atoms with Crippen LogP contribution in [0, 0.1) is 6.92 Å². The zero-order chi connectivity index (χ0) is 17.6. The van der Waals surface area contributed by atoms with Crippen LogP contribution in [0.2, 0.25) is 0 Å². The smallest absolute Gasteiger partial charge is 0.227 e. The average molecular weight is 337 g/mol. The number of ether oxygens (including phenoxy) is 1. The van der Waals surface area contributed by atoms with E-state index in [9.17, 15) is 4.79 Å². The van der Waals surface area contributed by atoms with E-state index in [4.69, 9.17) is 4.74 Å². The van der Waals surface area contributed by atoms with Gasteiger partial charge in [0.15, 0.2) is 0 Å². The van der Waals surface area contributed by atoms with E-state index >= 15 is 0 Å². The Labute approximate surface area is 150 Å². The van der Waals surface area contributed by atoms with Crippen molar-refractivity contribution >= 4 is 5.91 Å². The molecule has 1 aliphatic rings. The van der Waals surface area contributed by atoms with Crippen molar-refractivity contribution < 1.29 is 9.53 Å². The van der Waals surface area contributed by atoms with E-state index in [-0.39, 0.29) is 5.91 Å². The summed E-state index contributed by atoms with van der Waals surface area (Å²) in [4.78, 5) is 14.9. The van der Waals surface area contributed by atoms with Crippen LogP contribution < -0.4 is 4.74 Å². The van der Waals surface area contributed by atoms with Gasteiger partial charge in [0.05, 0.1) is 13.5 Å². The van der Waals surface area contributed by atoms with Crippen LogP contribution in [0.4, 0.5) is 0 Å². The Morgan fingerprint density at radius 1 is 1.16 bits per heavy atom. The molecular weight excluding hydrogens is 310 g/mol. The Kier molecular flexibility index (Phi) is 5.75. The summed E-state index contributed by atoms with van der Waals surface area (Å²) in [7, 11) is 1.69. The molecule has 1 unspecified atom stereocenters. The molecule has 1 heterocycles. The lowest BCUT2D eigenvalue weighted by Gasteiger charge is -2.25. The maximum atomic E-state index is 12.8. The molecule has 1 amide bonds. The third-order valence-electron chi connectivity index (χ3n) is 5.05. The molecule has 25 heavy (non-hydrogen) atoms. The minimum atomic E-state index is 0.242. The second kappa shape index (κ2) is 8.19. The van der Waals surface area contributed by atoms with Gasteiger partial charge in [-0.1, -0.05) is 48.4 Å². The molecule has 3 nitrogen and oxygen atoms in total. The first-order chi connectivity index (χ1) is 12.2. The molecule has 1 fully saturated rings. The molecule has 0 bridgehead atoms. The Morgan fingerprint density at radius 3 is 2.68 bits per heavy atom. The fraction of sp³-hybridized carbons (Fsp3) is 0.409. The summed E-state index contributed by atoms with van der Waals surface area (Å²) in [6.07, 6.45) is 3.90. The first-order valence-electron chi connectivity index (χ1n) is 9.13. The fourth-order valence-electron chi connectivity index (χ4n) is 3.63. The summed E-state index contributed by atoms with van der Waals surface area (Å²) >= 11 is 0. The molecule has 2 aromatic carbocycles. The molecule has 0 N–H and O–H groups in total. The number of methoxy groups -OCH3 is 1. The highest BCUT2D eigenvalue weighted by Gasteiger charge is 2.23. The molecule has 1 aliphatic heterocycles.